The zero-order chi connectivity index (χ0) is 23.5. The fourth-order valence-corrected chi connectivity index (χ4v) is 4.55. The largest absolute Gasteiger partial charge is 0.437 e. The fraction of sp³-hybridized carbons (Fsp3) is 0.0385. The summed E-state index contributed by atoms with van der Waals surface area (Å²) in [5.41, 5.74) is 2.08. The van der Waals surface area contributed by atoms with Crippen molar-refractivity contribution < 1.29 is 13.5 Å². The van der Waals surface area contributed by atoms with Crippen molar-refractivity contribution in [2.75, 3.05) is 0 Å². The molecule has 168 valence electrons. The summed E-state index contributed by atoms with van der Waals surface area (Å²) < 4.78 is 27.7. The lowest BCUT2D eigenvalue weighted by atomic mass is 9.84. The van der Waals surface area contributed by atoms with Crippen molar-refractivity contribution in [2.45, 2.75) is 5.92 Å². The first kappa shape index (κ1) is 19.5. The molecule has 8 nitrogen and oxygen atoms in total. The van der Waals surface area contributed by atoms with Crippen molar-refractivity contribution in [3.8, 4) is 23.1 Å². The molecule has 0 saturated heterocycles. The molecule has 6 aromatic rings. The van der Waals surface area contributed by atoms with Crippen LogP contribution in [0.4, 0.5) is 4.39 Å². The van der Waals surface area contributed by atoms with Crippen LogP contribution in [-0.2, 0) is 0 Å². The highest BCUT2D eigenvalue weighted by Crippen LogP contribution is 2.48. The maximum Gasteiger partial charge on any atom is 0.344 e. The highest BCUT2D eigenvalue weighted by atomic mass is 19.1. The Morgan fingerprint density at radius 1 is 0.943 bits per heavy atom. The minimum Gasteiger partial charge on any atom is -0.437 e. The molecule has 35 heavy (non-hydrogen) atoms. The first-order valence-electron chi connectivity index (χ1n) is 10.8. The molecule has 4 aromatic heterocycles. The number of benzene rings is 2. The SMILES string of the molecule is O=c1oc2ccccc2c2c1C(c1cccc(F)c1)c1c(ncn3nc(-c4ccccn4)nc13)O2. The predicted molar refractivity (Wildman–Crippen MR) is 124 cm³/mol. The van der Waals surface area contributed by atoms with Gasteiger partial charge in [0.15, 0.2) is 11.4 Å². The Bertz CT molecular complexity index is 1830. The van der Waals surface area contributed by atoms with Crippen molar-refractivity contribution >= 4 is 16.6 Å². The van der Waals surface area contributed by atoms with Crippen LogP contribution in [0.2, 0.25) is 0 Å². The van der Waals surface area contributed by atoms with Crippen molar-refractivity contribution in [2.24, 2.45) is 0 Å². The van der Waals surface area contributed by atoms with Gasteiger partial charge in [-0.1, -0.05) is 30.3 Å². The zero-order valence-corrected chi connectivity index (χ0v) is 17.9. The quantitative estimate of drug-likeness (QED) is 0.343. The van der Waals surface area contributed by atoms with Crippen molar-refractivity contribution in [1.29, 1.82) is 0 Å². The molecule has 5 heterocycles. The first-order valence-corrected chi connectivity index (χ1v) is 10.8. The van der Waals surface area contributed by atoms with E-state index in [9.17, 15) is 9.18 Å². The average Bonchev–Trinajstić information content (AvgIpc) is 3.33. The molecule has 0 radical (unpaired) electrons. The summed E-state index contributed by atoms with van der Waals surface area (Å²) in [6.45, 7) is 0. The van der Waals surface area contributed by atoms with Crippen LogP contribution in [0.25, 0.3) is 28.1 Å². The van der Waals surface area contributed by atoms with Crippen LogP contribution < -0.4 is 10.4 Å². The summed E-state index contributed by atoms with van der Waals surface area (Å²) in [6.07, 6.45) is 3.15. The Balaban J connectivity index is 1.57. The average molecular weight is 463 g/mol. The molecule has 7 rings (SSSR count). The van der Waals surface area contributed by atoms with Crippen LogP contribution in [0.3, 0.4) is 0 Å². The van der Waals surface area contributed by atoms with Gasteiger partial charge in [0.25, 0.3) is 0 Å². The smallest absolute Gasteiger partial charge is 0.344 e. The number of nitrogens with zero attached hydrogens (tertiary/aromatic N) is 5. The Morgan fingerprint density at radius 2 is 1.83 bits per heavy atom. The Hall–Kier alpha value is -4.92. The number of para-hydroxylation sites is 1. The van der Waals surface area contributed by atoms with Gasteiger partial charge in [0.05, 0.1) is 22.4 Å². The summed E-state index contributed by atoms with van der Waals surface area (Å²) in [5, 5.41) is 5.13. The summed E-state index contributed by atoms with van der Waals surface area (Å²) >= 11 is 0. The van der Waals surface area contributed by atoms with E-state index in [1.807, 2.05) is 12.1 Å². The molecule has 1 unspecified atom stereocenters. The van der Waals surface area contributed by atoms with Gasteiger partial charge < -0.3 is 9.15 Å². The molecule has 0 N–H and O–H groups in total. The minimum atomic E-state index is -0.748. The van der Waals surface area contributed by atoms with Gasteiger partial charge in [-0.3, -0.25) is 4.98 Å². The number of hydrogen-bond donors (Lipinski definition) is 0. The van der Waals surface area contributed by atoms with Gasteiger partial charge in [-0.15, -0.1) is 5.10 Å². The Morgan fingerprint density at radius 3 is 2.69 bits per heavy atom. The summed E-state index contributed by atoms with van der Waals surface area (Å²) in [6, 6.07) is 18.6. The van der Waals surface area contributed by atoms with Crippen LogP contribution in [0.15, 0.2) is 88.5 Å². The molecular weight excluding hydrogens is 449 g/mol. The monoisotopic (exact) mass is 463 g/mol. The third-order valence-corrected chi connectivity index (χ3v) is 6.04. The highest BCUT2D eigenvalue weighted by Gasteiger charge is 2.37. The summed E-state index contributed by atoms with van der Waals surface area (Å²) in [5.74, 6) is -0.204. The van der Waals surface area contributed by atoms with Crippen molar-refractivity contribution in [3.05, 3.63) is 112 Å². The van der Waals surface area contributed by atoms with Gasteiger partial charge in [0, 0.05) is 6.20 Å². The minimum absolute atomic E-state index is 0.249. The molecule has 0 aliphatic carbocycles. The maximum atomic E-state index is 14.4. The van der Waals surface area contributed by atoms with Gasteiger partial charge in [0.1, 0.15) is 23.4 Å². The van der Waals surface area contributed by atoms with Gasteiger partial charge >= 0.3 is 5.63 Å². The van der Waals surface area contributed by atoms with Crippen molar-refractivity contribution in [3.63, 3.8) is 0 Å². The number of hydrogen-bond acceptors (Lipinski definition) is 7. The van der Waals surface area contributed by atoms with Gasteiger partial charge in [-0.2, -0.15) is 0 Å². The molecule has 0 spiro atoms. The highest BCUT2D eigenvalue weighted by molar-refractivity contribution is 5.86. The van der Waals surface area contributed by atoms with Crippen LogP contribution >= 0.6 is 0 Å². The molecule has 2 aromatic carbocycles. The molecule has 0 saturated carbocycles. The molecule has 0 bridgehead atoms. The molecular formula is C26H14FN5O3. The molecule has 1 atom stereocenters. The number of halogens is 1. The number of rotatable bonds is 2. The molecule has 1 aliphatic rings. The zero-order valence-electron chi connectivity index (χ0n) is 17.9. The van der Waals surface area contributed by atoms with Crippen molar-refractivity contribution in [1.82, 2.24) is 24.6 Å². The van der Waals surface area contributed by atoms with E-state index in [2.05, 4.69) is 15.1 Å². The lowest BCUT2D eigenvalue weighted by Crippen LogP contribution is -2.22. The van der Waals surface area contributed by atoms with Gasteiger partial charge in [-0.05, 0) is 42.0 Å². The van der Waals surface area contributed by atoms with E-state index < -0.39 is 17.4 Å². The van der Waals surface area contributed by atoms with Crippen LogP contribution in [-0.4, -0.2) is 24.6 Å². The lowest BCUT2D eigenvalue weighted by Gasteiger charge is -2.27. The van der Waals surface area contributed by atoms with Crippen LogP contribution in [0.5, 0.6) is 11.6 Å². The van der Waals surface area contributed by atoms with Gasteiger partial charge in [-0.25, -0.2) is 23.7 Å². The predicted octanol–water partition coefficient (Wildman–Crippen LogP) is 4.72. The maximum absolute atomic E-state index is 14.4. The Labute approximate surface area is 196 Å². The number of pyridine rings is 1. The fourth-order valence-electron chi connectivity index (χ4n) is 4.55. The standard InChI is InChI=1S/C26H14FN5O3/c27-15-7-5-6-14(12-15)19-20-22(16-8-1-2-10-18(16)34-26(20)33)35-25-21(19)24-30-23(31-32(24)13-29-25)17-9-3-4-11-28-17/h1-13,19H. The van der Waals surface area contributed by atoms with E-state index in [1.165, 1.54) is 23.0 Å². The summed E-state index contributed by atoms with van der Waals surface area (Å²) in [4.78, 5) is 26.8. The third kappa shape index (κ3) is 2.95. The normalized spacial score (nSPS) is 14.5. The molecule has 0 amide bonds. The lowest BCUT2D eigenvalue weighted by molar-refractivity contribution is 0.422. The van der Waals surface area contributed by atoms with E-state index in [-0.39, 0.29) is 11.4 Å². The number of aromatic nitrogens is 5. The second kappa shape index (κ2) is 7.29. The number of ether oxygens (including phenoxy) is 1. The van der Waals surface area contributed by atoms with E-state index in [0.717, 1.165) is 0 Å². The van der Waals surface area contributed by atoms with Gasteiger partial charge in [0.2, 0.25) is 11.7 Å². The van der Waals surface area contributed by atoms with E-state index in [1.54, 1.807) is 48.7 Å². The second-order valence-corrected chi connectivity index (χ2v) is 8.10. The molecule has 1 aliphatic heterocycles. The number of fused-ring (bicyclic) bond motifs is 6. The topological polar surface area (TPSA) is 95.4 Å². The second-order valence-electron chi connectivity index (χ2n) is 8.10. The molecule has 0 fully saturated rings. The van der Waals surface area contributed by atoms with Crippen LogP contribution in [0.1, 0.15) is 22.6 Å². The third-order valence-electron chi connectivity index (χ3n) is 6.04. The van der Waals surface area contributed by atoms with E-state index in [4.69, 9.17) is 14.1 Å². The molecule has 9 heteroatoms. The summed E-state index contributed by atoms with van der Waals surface area (Å²) in [7, 11) is 0. The van der Waals surface area contributed by atoms with Crippen LogP contribution in [0, 0.1) is 5.82 Å². The first-order chi connectivity index (χ1) is 17.2. The van der Waals surface area contributed by atoms with E-state index in [0.29, 0.717) is 45.0 Å². The Kier molecular flexibility index (Phi) is 4.07. The van der Waals surface area contributed by atoms with E-state index >= 15 is 0 Å².